The first kappa shape index (κ1) is 21.2. The van der Waals surface area contributed by atoms with Crippen molar-refractivity contribution in [2.45, 2.75) is 26.2 Å². The third kappa shape index (κ3) is 5.18. The van der Waals surface area contributed by atoms with E-state index in [-0.39, 0.29) is 19.9 Å². The van der Waals surface area contributed by atoms with E-state index in [1.165, 1.54) is 6.92 Å². The van der Waals surface area contributed by atoms with Gasteiger partial charge in [0, 0.05) is 12.1 Å². The van der Waals surface area contributed by atoms with Crippen molar-refractivity contribution in [3.05, 3.63) is 89.5 Å². The Morgan fingerprint density at radius 3 is 2.56 bits per heavy atom. The summed E-state index contributed by atoms with van der Waals surface area (Å²) in [6.45, 7) is 2.21. The smallest absolute Gasteiger partial charge is 0.339 e. The first-order valence-corrected chi connectivity index (χ1v) is 10.2. The van der Waals surface area contributed by atoms with Crippen LogP contribution in [0.2, 0.25) is 0 Å². The molecule has 0 radical (unpaired) electrons. The molecule has 164 valence electrons. The molecule has 0 aliphatic carbocycles. The minimum Gasteiger partial charge on any atom is -0.489 e. The highest BCUT2D eigenvalue weighted by Crippen LogP contribution is 2.32. The van der Waals surface area contributed by atoms with Gasteiger partial charge in [0.25, 0.3) is 5.91 Å². The fourth-order valence-electron chi connectivity index (χ4n) is 3.18. The van der Waals surface area contributed by atoms with E-state index in [0.717, 1.165) is 5.56 Å². The normalized spacial score (nSPS) is 12.7. The van der Waals surface area contributed by atoms with Crippen LogP contribution in [0.4, 0.5) is 0 Å². The van der Waals surface area contributed by atoms with Crippen LogP contribution in [0, 0.1) is 0 Å². The number of ether oxygens (including phenoxy) is 4. The molecule has 0 saturated heterocycles. The molecule has 0 bridgehead atoms. The van der Waals surface area contributed by atoms with Crippen LogP contribution in [0.3, 0.4) is 0 Å². The van der Waals surface area contributed by atoms with E-state index in [9.17, 15) is 9.59 Å². The quantitative estimate of drug-likeness (QED) is 0.544. The third-order valence-electron chi connectivity index (χ3n) is 4.93. The van der Waals surface area contributed by atoms with E-state index in [1.54, 1.807) is 24.3 Å². The molecular weight excluding hydrogens is 410 g/mol. The molecule has 1 heterocycles. The molecule has 1 unspecified atom stereocenters. The van der Waals surface area contributed by atoms with Crippen LogP contribution in [-0.4, -0.2) is 24.8 Å². The summed E-state index contributed by atoms with van der Waals surface area (Å²) in [5.41, 5.74) is 1.89. The van der Waals surface area contributed by atoms with Crippen LogP contribution >= 0.6 is 0 Å². The molecule has 3 aromatic carbocycles. The van der Waals surface area contributed by atoms with E-state index < -0.39 is 18.0 Å². The number of benzene rings is 3. The second-order valence-corrected chi connectivity index (χ2v) is 7.21. The number of carbonyl (C=O) groups excluding carboxylic acids is 2. The fourth-order valence-corrected chi connectivity index (χ4v) is 3.18. The monoisotopic (exact) mass is 433 g/mol. The summed E-state index contributed by atoms with van der Waals surface area (Å²) in [5, 5.41) is 2.77. The lowest BCUT2D eigenvalue weighted by atomic mass is 10.1. The second kappa shape index (κ2) is 9.87. The number of para-hydroxylation sites is 1. The SMILES string of the molecule is CC(OC(=O)c1ccccc1COc1ccccc1)C(=O)NCc1ccc2c(c1)OCO2. The summed E-state index contributed by atoms with van der Waals surface area (Å²) in [6, 6.07) is 21.8. The van der Waals surface area contributed by atoms with Gasteiger partial charge in [-0.1, -0.05) is 42.5 Å². The zero-order valence-corrected chi connectivity index (χ0v) is 17.6. The van der Waals surface area contributed by atoms with Crippen LogP contribution in [0.25, 0.3) is 0 Å². The highest BCUT2D eigenvalue weighted by Gasteiger charge is 2.21. The Labute approximate surface area is 185 Å². The predicted molar refractivity (Wildman–Crippen MR) is 117 cm³/mol. The largest absolute Gasteiger partial charge is 0.489 e. The van der Waals surface area contributed by atoms with Crippen LogP contribution in [0.5, 0.6) is 17.2 Å². The van der Waals surface area contributed by atoms with Crippen LogP contribution in [0.15, 0.2) is 72.8 Å². The average Bonchev–Trinajstić information content (AvgIpc) is 3.30. The summed E-state index contributed by atoms with van der Waals surface area (Å²) >= 11 is 0. The summed E-state index contributed by atoms with van der Waals surface area (Å²) in [6.07, 6.45) is -0.959. The van der Waals surface area contributed by atoms with Crippen molar-refractivity contribution >= 4 is 11.9 Å². The molecule has 0 spiro atoms. The lowest BCUT2D eigenvalue weighted by molar-refractivity contribution is -0.129. The van der Waals surface area contributed by atoms with Crippen LogP contribution < -0.4 is 19.5 Å². The summed E-state index contributed by atoms with van der Waals surface area (Å²) in [7, 11) is 0. The highest BCUT2D eigenvalue weighted by molar-refractivity contribution is 5.93. The Kier molecular flexibility index (Phi) is 6.55. The van der Waals surface area contributed by atoms with Crippen molar-refractivity contribution in [1.29, 1.82) is 0 Å². The Balaban J connectivity index is 1.32. The van der Waals surface area contributed by atoms with Crippen molar-refractivity contribution in [3.63, 3.8) is 0 Å². The summed E-state index contributed by atoms with van der Waals surface area (Å²) < 4.78 is 21.8. The number of nitrogens with one attached hydrogen (secondary N) is 1. The average molecular weight is 433 g/mol. The van der Waals surface area contributed by atoms with Crippen molar-refractivity contribution < 1.29 is 28.5 Å². The highest BCUT2D eigenvalue weighted by atomic mass is 16.7. The van der Waals surface area contributed by atoms with Crippen molar-refractivity contribution in [1.82, 2.24) is 5.32 Å². The van der Waals surface area contributed by atoms with Gasteiger partial charge in [0.05, 0.1) is 5.56 Å². The zero-order valence-electron chi connectivity index (χ0n) is 17.6. The Hall–Kier alpha value is -4.00. The maximum Gasteiger partial charge on any atom is 0.339 e. The molecule has 1 atom stereocenters. The van der Waals surface area contributed by atoms with E-state index >= 15 is 0 Å². The predicted octanol–water partition coefficient (Wildman–Crippen LogP) is 3.86. The summed E-state index contributed by atoms with van der Waals surface area (Å²) in [5.74, 6) is 1.05. The van der Waals surface area contributed by atoms with Crippen molar-refractivity contribution in [3.8, 4) is 17.2 Å². The second-order valence-electron chi connectivity index (χ2n) is 7.21. The first-order chi connectivity index (χ1) is 15.6. The van der Waals surface area contributed by atoms with Gasteiger partial charge < -0.3 is 24.3 Å². The van der Waals surface area contributed by atoms with Crippen LogP contribution in [-0.2, 0) is 22.7 Å². The minimum atomic E-state index is -0.959. The number of rotatable bonds is 8. The molecule has 0 aromatic heterocycles. The van der Waals surface area contributed by atoms with Gasteiger partial charge in [-0.15, -0.1) is 0 Å². The molecule has 3 aromatic rings. The van der Waals surface area contributed by atoms with Gasteiger partial charge >= 0.3 is 5.97 Å². The molecule has 0 saturated carbocycles. The molecule has 7 nitrogen and oxygen atoms in total. The van der Waals surface area contributed by atoms with Crippen molar-refractivity contribution in [2.24, 2.45) is 0 Å². The molecule has 1 aliphatic heterocycles. The van der Waals surface area contributed by atoms with E-state index in [2.05, 4.69) is 5.32 Å². The zero-order chi connectivity index (χ0) is 22.3. The number of hydrogen-bond donors (Lipinski definition) is 1. The lowest BCUT2D eigenvalue weighted by Crippen LogP contribution is -2.35. The maximum absolute atomic E-state index is 12.7. The number of amides is 1. The number of carbonyl (C=O) groups is 2. The molecule has 7 heteroatoms. The van der Waals surface area contributed by atoms with Gasteiger partial charge in [-0.05, 0) is 42.8 Å². The molecule has 4 rings (SSSR count). The number of fused-ring (bicyclic) bond motifs is 1. The minimum absolute atomic E-state index is 0.190. The standard InChI is InChI=1S/C25H23NO6/c1-17(24(27)26-14-18-11-12-22-23(13-18)31-16-30-22)32-25(28)21-10-6-5-7-19(21)15-29-20-8-3-2-4-9-20/h2-13,17H,14-16H2,1H3,(H,26,27). The van der Waals surface area contributed by atoms with Gasteiger partial charge in [0.1, 0.15) is 12.4 Å². The number of hydrogen-bond acceptors (Lipinski definition) is 6. The van der Waals surface area contributed by atoms with Crippen LogP contribution in [0.1, 0.15) is 28.4 Å². The molecule has 32 heavy (non-hydrogen) atoms. The fraction of sp³-hybridized carbons (Fsp3) is 0.200. The lowest BCUT2D eigenvalue weighted by Gasteiger charge is -2.15. The van der Waals surface area contributed by atoms with E-state index in [1.807, 2.05) is 48.5 Å². The van der Waals surface area contributed by atoms with Gasteiger partial charge in [-0.2, -0.15) is 0 Å². The molecule has 1 N–H and O–H groups in total. The molecular formula is C25H23NO6. The third-order valence-corrected chi connectivity index (χ3v) is 4.93. The Bertz CT molecular complexity index is 1100. The van der Waals surface area contributed by atoms with Gasteiger partial charge in [-0.25, -0.2) is 4.79 Å². The van der Waals surface area contributed by atoms with Gasteiger partial charge in [-0.3, -0.25) is 4.79 Å². The number of esters is 1. The Morgan fingerprint density at radius 2 is 1.72 bits per heavy atom. The van der Waals surface area contributed by atoms with E-state index in [0.29, 0.717) is 28.4 Å². The van der Waals surface area contributed by atoms with E-state index in [4.69, 9.17) is 18.9 Å². The molecule has 1 amide bonds. The summed E-state index contributed by atoms with van der Waals surface area (Å²) in [4.78, 5) is 25.1. The molecule has 0 fully saturated rings. The maximum atomic E-state index is 12.7. The first-order valence-electron chi connectivity index (χ1n) is 10.2. The van der Waals surface area contributed by atoms with Crippen molar-refractivity contribution in [2.75, 3.05) is 6.79 Å². The molecule has 1 aliphatic rings. The topological polar surface area (TPSA) is 83.1 Å². The van der Waals surface area contributed by atoms with Gasteiger partial charge in [0.2, 0.25) is 6.79 Å². The Morgan fingerprint density at radius 1 is 0.969 bits per heavy atom. The van der Waals surface area contributed by atoms with Gasteiger partial charge in [0.15, 0.2) is 17.6 Å².